The van der Waals surface area contributed by atoms with E-state index in [1.54, 1.807) is 12.4 Å². The van der Waals surface area contributed by atoms with Gasteiger partial charge in [-0.15, -0.1) is 0 Å². The van der Waals surface area contributed by atoms with Crippen LogP contribution in [0.5, 0.6) is 0 Å². The van der Waals surface area contributed by atoms with E-state index in [4.69, 9.17) is 23.2 Å². The van der Waals surface area contributed by atoms with Crippen molar-refractivity contribution in [2.45, 2.75) is 13.1 Å². The van der Waals surface area contributed by atoms with Gasteiger partial charge in [0.1, 0.15) is 6.33 Å². The first kappa shape index (κ1) is 11.0. The molecule has 2 aromatic rings. The average molecular weight is 266 g/mol. The minimum atomic E-state index is 0.616. The molecule has 3 nitrogen and oxygen atoms in total. The zero-order chi connectivity index (χ0) is 11.8. The van der Waals surface area contributed by atoms with Crippen LogP contribution in [0, 0.1) is 0 Å². The molecule has 1 aliphatic heterocycles. The summed E-state index contributed by atoms with van der Waals surface area (Å²) in [7, 11) is 0. The van der Waals surface area contributed by atoms with Crippen molar-refractivity contribution in [1.82, 2.24) is 15.3 Å². The summed E-state index contributed by atoms with van der Waals surface area (Å²) in [6, 6.07) is 5.45. The van der Waals surface area contributed by atoms with E-state index in [2.05, 4.69) is 15.3 Å². The van der Waals surface area contributed by atoms with Gasteiger partial charge in [-0.25, -0.2) is 9.97 Å². The molecule has 1 aromatic heterocycles. The maximum absolute atomic E-state index is 6.20. The fourth-order valence-electron chi connectivity index (χ4n) is 2.01. The lowest BCUT2D eigenvalue weighted by Crippen LogP contribution is -2.00. The smallest absolute Gasteiger partial charge is 0.116 e. The van der Waals surface area contributed by atoms with Gasteiger partial charge in [-0.05, 0) is 18.2 Å². The third-order valence-corrected chi connectivity index (χ3v) is 3.36. The number of benzene rings is 1. The summed E-state index contributed by atoms with van der Waals surface area (Å²) in [5.41, 5.74) is 3.96. The van der Waals surface area contributed by atoms with Gasteiger partial charge < -0.3 is 5.32 Å². The molecule has 0 aliphatic carbocycles. The number of rotatable bonds is 1. The Morgan fingerprint density at radius 2 is 2.00 bits per heavy atom. The van der Waals surface area contributed by atoms with E-state index in [-0.39, 0.29) is 0 Å². The molecule has 0 radical (unpaired) electrons. The lowest BCUT2D eigenvalue weighted by Gasteiger charge is -2.08. The Morgan fingerprint density at radius 3 is 2.82 bits per heavy atom. The second-order valence-corrected chi connectivity index (χ2v) is 4.72. The number of aromatic nitrogens is 2. The van der Waals surface area contributed by atoms with Crippen molar-refractivity contribution in [3.8, 4) is 11.3 Å². The van der Waals surface area contributed by atoms with Gasteiger partial charge in [-0.3, -0.25) is 0 Å². The monoisotopic (exact) mass is 265 g/mol. The van der Waals surface area contributed by atoms with Crippen LogP contribution >= 0.6 is 23.2 Å². The van der Waals surface area contributed by atoms with Crippen LogP contribution in [-0.2, 0) is 13.1 Å². The molecule has 1 aromatic carbocycles. The Bertz CT molecular complexity index is 584. The third kappa shape index (κ3) is 1.90. The van der Waals surface area contributed by atoms with Crippen LogP contribution in [0.25, 0.3) is 11.3 Å². The van der Waals surface area contributed by atoms with Crippen molar-refractivity contribution < 1.29 is 0 Å². The Morgan fingerprint density at radius 1 is 1.12 bits per heavy atom. The van der Waals surface area contributed by atoms with E-state index in [1.807, 2.05) is 12.1 Å². The SMILES string of the molecule is Clc1ccc(-c2ncnc3c2CNC3)c(Cl)c1. The summed E-state index contributed by atoms with van der Waals surface area (Å²) in [4.78, 5) is 8.58. The highest BCUT2D eigenvalue weighted by molar-refractivity contribution is 6.36. The van der Waals surface area contributed by atoms with Crippen molar-refractivity contribution >= 4 is 23.2 Å². The maximum Gasteiger partial charge on any atom is 0.116 e. The van der Waals surface area contributed by atoms with Crippen LogP contribution in [0.2, 0.25) is 10.0 Å². The van der Waals surface area contributed by atoms with Gasteiger partial charge >= 0.3 is 0 Å². The molecule has 1 N–H and O–H groups in total. The highest BCUT2D eigenvalue weighted by atomic mass is 35.5. The van der Waals surface area contributed by atoms with Crippen LogP contribution in [0.4, 0.5) is 0 Å². The van der Waals surface area contributed by atoms with E-state index in [0.29, 0.717) is 10.0 Å². The van der Waals surface area contributed by atoms with Crippen molar-refractivity contribution in [3.63, 3.8) is 0 Å². The van der Waals surface area contributed by atoms with Crippen LogP contribution in [0.3, 0.4) is 0 Å². The minimum Gasteiger partial charge on any atom is -0.307 e. The molecule has 86 valence electrons. The van der Waals surface area contributed by atoms with E-state index < -0.39 is 0 Å². The maximum atomic E-state index is 6.20. The molecule has 0 atom stereocenters. The van der Waals surface area contributed by atoms with Gasteiger partial charge in [0, 0.05) is 29.2 Å². The zero-order valence-electron chi connectivity index (χ0n) is 8.87. The normalized spacial score (nSPS) is 13.8. The molecule has 0 unspecified atom stereocenters. The first-order chi connectivity index (χ1) is 8.25. The first-order valence-corrected chi connectivity index (χ1v) is 6.00. The molecule has 5 heteroatoms. The summed E-state index contributed by atoms with van der Waals surface area (Å²) in [5, 5.41) is 4.50. The highest BCUT2D eigenvalue weighted by Gasteiger charge is 2.18. The first-order valence-electron chi connectivity index (χ1n) is 5.24. The molecule has 0 spiro atoms. The molecule has 0 saturated heterocycles. The molecule has 0 saturated carbocycles. The number of hydrogen-bond donors (Lipinski definition) is 1. The number of halogens is 2. The lowest BCUT2D eigenvalue weighted by molar-refractivity contribution is 0.758. The Balaban J connectivity index is 2.19. The summed E-state index contributed by atoms with van der Waals surface area (Å²) < 4.78 is 0. The van der Waals surface area contributed by atoms with E-state index in [9.17, 15) is 0 Å². The van der Waals surface area contributed by atoms with Crippen LogP contribution in [-0.4, -0.2) is 9.97 Å². The fraction of sp³-hybridized carbons (Fsp3) is 0.167. The molecule has 3 rings (SSSR count). The molecule has 0 amide bonds. The van der Waals surface area contributed by atoms with Crippen molar-refractivity contribution in [2.24, 2.45) is 0 Å². The van der Waals surface area contributed by atoms with E-state index in [0.717, 1.165) is 35.6 Å². The molecule has 0 bridgehead atoms. The van der Waals surface area contributed by atoms with Crippen molar-refractivity contribution in [1.29, 1.82) is 0 Å². The van der Waals surface area contributed by atoms with Gasteiger partial charge in [0.2, 0.25) is 0 Å². The predicted molar refractivity (Wildman–Crippen MR) is 68.0 cm³/mol. The Hall–Kier alpha value is -1.16. The number of fused-ring (bicyclic) bond motifs is 1. The van der Waals surface area contributed by atoms with Crippen molar-refractivity contribution in [2.75, 3.05) is 0 Å². The number of hydrogen-bond acceptors (Lipinski definition) is 3. The lowest BCUT2D eigenvalue weighted by atomic mass is 10.1. The highest BCUT2D eigenvalue weighted by Crippen LogP contribution is 2.32. The second-order valence-electron chi connectivity index (χ2n) is 3.88. The molecular weight excluding hydrogens is 257 g/mol. The van der Waals surface area contributed by atoms with Crippen LogP contribution in [0.15, 0.2) is 24.5 Å². The molecule has 1 aliphatic rings. The van der Waals surface area contributed by atoms with E-state index in [1.165, 1.54) is 0 Å². The fourth-order valence-corrected chi connectivity index (χ4v) is 2.50. The molecular formula is C12H9Cl2N3. The molecule has 17 heavy (non-hydrogen) atoms. The Kier molecular flexibility index (Phi) is 2.74. The third-order valence-electron chi connectivity index (χ3n) is 2.82. The van der Waals surface area contributed by atoms with Gasteiger partial charge in [0.25, 0.3) is 0 Å². The van der Waals surface area contributed by atoms with Gasteiger partial charge in [-0.2, -0.15) is 0 Å². The summed E-state index contributed by atoms with van der Waals surface area (Å²) in [5.74, 6) is 0. The average Bonchev–Trinajstić information content (AvgIpc) is 2.77. The van der Waals surface area contributed by atoms with Gasteiger partial charge in [0.05, 0.1) is 16.4 Å². The second kappa shape index (κ2) is 4.26. The quantitative estimate of drug-likeness (QED) is 0.862. The van der Waals surface area contributed by atoms with E-state index >= 15 is 0 Å². The van der Waals surface area contributed by atoms with Gasteiger partial charge in [0.15, 0.2) is 0 Å². The number of nitrogens with one attached hydrogen (secondary N) is 1. The standard InChI is InChI=1S/C12H9Cl2N3/c13-7-1-2-8(10(14)3-7)12-9-4-15-5-11(9)16-6-17-12/h1-3,6,15H,4-5H2. The summed E-state index contributed by atoms with van der Waals surface area (Å²) in [6.45, 7) is 1.57. The number of nitrogens with zero attached hydrogens (tertiary/aromatic N) is 2. The van der Waals surface area contributed by atoms with Gasteiger partial charge in [-0.1, -0.05) is 23.2 Å². The Labute approximate surface area is 109 Å². The largest absolute Gasteiger partial charge is 0.307 e. The molecule has 0 fully saturated rings. The minimum absolute atomic E-state index is 0.616. The predicted octanol–water partition coefficient (Wildman–Crippen LogP) is 3.05. The topological polar surface area (TPSA) is 37.8 Å². The van der Waals surface area contributed by atoms with Crippen LogP contribution < -0.4 is 5.32 Å². The summed E-state index contributed by atoms with van der Waals surface area (Å²) in [6.07, 6.45) is 1.58. The molecule has 2 heterocycles. The van der Waals surface area contributed by atoms with Crippen LogP contribution in [0.1, 0.15) is 11.3 Å². The van der Waals surface area contributed by atoms with Crippen molar-refractivity contribution in [3.05, 3.63) is 45.8 Å². The summed E-state index contributed by atoms with van der Waals surface area (Å²) >= 11 is 12.1. The zero-order valence-corrected chi connectivity index (χ0v) is 10.4.